The van der Waals surface area contributed by atoms with Crippen LogP contribution in [0.25, 0.3) is 0 Å². The highest BCUT2D eigenvalue weighted by molar-refractivity contribution is 5.90. The number of hydrogen-bond acceptors (Lipinski definition) is 9. The van der Waals surface area contributed by atoms with Gasteiger partial charge in [0.15, 0.2) is 6.04 Å². The molecule has 0 bridgehead atoms. The molecule has 1 aromatic carbocycles. The lowest BCUT2D eigenvalue weighted by Gasteiger charge is -2.41. The van der Waals surface area contributed by atoms with Gasteiger partial charge in [-0.1, -0.05) is 85.2 Å². The van der Waals surface area contributed by atoms with Crippen molar-refractivity contribution < 1.29 is 43.7 Å². The minimum absolute atomic E-state index is 0.0125. The summed E-state index contributed by atoms with van der Waals surface area (Å²) >= 11 is 0. The molecule has 1 heterocycles. The molecule has 1 aliphatic heterocycles. The van der Waals surface area contributed by atoms with Crippen molar-refractivity contribution in [3.63, 3.8) is 0 Å². The van der Waals surface area contributed by atoms with Gasteiger partial charge in [-0.2, -0.15) is 0 Å². The van der Waals surface area contributed by atoms with Crippen molar-refractivity contribution in [2.45, 2.75) is 143 Å². The van der Waals surface area contributed by atoms with Gasteiger partial charge in [0.2, 0.25) is 23.6 Å². The maximum Gasteiger partial charge on any atom is 0.329 e. The van der Waals surface area contributed by atoms with E-state index in [9.17, 15) is 34.2 Å². The number of carbonyl (C=O) groups excluding carboxylic acids is 4. The van der Waals surface area contributed by atoms with E-state index in [0.29, 0.717) is 31.4 Å². The molecule has 14 heteroatoms. The maximum absolute atomic E-state index is 14.3. The van der Waals surface area contributed by atoms with Crippen LogP contribution < -0.4 is 10.6 Å². The molecule has 1 fully saturated rings. The van der Waals surface area contributed by atoms with E-state index in [1.165, 1.54) is 14.2 Å². The van der Waals surface area contributed by atoms with Crippen molar-refractivity contribution in [3.8, 4) is 0 Å². The molecule has 0 saturated carbocycles. The van der Waals surface area contributed by atoms with Gasteiger partial charge in [-0.15, -0.1) is 0 Å². The predicted octanol–water partition coefficient (Wildman–Crippen LogP) is 3.72. The van der Waals surface area contributed by atoms with Gasteiger partial charge >= 0.3 is 5.97 Å². The van der Waals surface area contributed by atoms with Gasteiger partial charge in [-0.05, 0) is 57.1 Å². The summed E-state index contributed by atoms with van der Waals surface area (Å²) in [7, 11) is 6.59. The number of carbonyl (C=O) groups is 5. The molecule has 10 atom stereocenters. The first kappa shape index (κ1) is 48.6. The normalized spacial score (nSPS) is 19.5. The van der Waals surface area contributed by atoms with Gasteiger partial charge in [0, 0.05) is 33.9 Å². The van der Waals surface area contributed by atoms with Gasteiger partial charge in [0.25, 0.3) is 0 Å². The van der Waals surface area contributed by atoms with E-state index in [-0.39, 0.29) is 47.9 Å². The second-order valence-electron chi connectivity index (χ2n) is 16.4. The fraction of sp³-hybridized carbons (Fsp3) is 0.738. The number of ether oxygens (including phenoxy) is 2. The van der Waals surface area contributed by atoms with Gasteiger partial charge in [-0.25, -0.2) is 4.79 Å². The van der Waals surface area contributed by atoms with Crippen molar-refractivity contribution >= 4 is 29.6 Å². The summed E-state index contributed by atoms with van der Waals surface area (Å²) in [5.41, 5.74) is 0.346. The van der Waals surface area contributed by atoms with E-state index in [4.69, 9.17) is 9.47 Å². The third-order valence-corrected chi connectivity index (χ3v) is 11.7. The zero-order chi connectivity index (χ0) is 42.6. The lowest BCUT2D eigenvalue weighted by Crippen LogP contribution is -2.60. The molecule has 0 spiro atoms. The first-order valence-corrected chi connectivity index (χ1v) is 20.1. The molecule has 0 radical (unpaired) electrons. The minimum atomic E-state index is -1.60. The van der Waals surface area contributed by atoms with Crippen LogP contribution in [0.2, 0.25) is 0 Å². The average Bonchev–Trinajstić information content (AvgIpc) is 3.64. The zero-order valence-electron chi connectivity index (χ0n) is 36.0. The van der Waals surface area contributed by atoms with Crippen LogP contribution in [0.5, 0.6) is 0 Å². The fourth-order valence-corrected chi connectivity index (χ4v) is 7.96. The van der Waals surface area contributed by atoms with Crippen LogP contribution >= 0.6 is 0 Å². The van der Waals surface area contributed by atoms with E-state index >= 15 is 0 Å². The van der Waals surface area contributed by atoms with Crippen LogP contribution in [0.4, 0.5) is 0 Å². The summed E-state index contributed by atoms with van der Waals surface area (Å²) in [5, 5.41) is 26.3. The minimum Gasteiger partial charge on any atom is -0.480 e. The topological polar surface area (TPSA) is 178 Å². The number of benzene rings is 1. The molecule has 1 aromatic rings. The highest BCUT2D eigenvalue weighted by atomic mass is 16.5. The molecule has 1 unspecified atom stereocenters. The fourth-order valence-electron chi connectivity index (χ4n) is 7.96. The number of likely N-dealkylation sites (N-methyl/N-ethyl adjacent to an activating group) is 2. The van der Waals surface area contributed by atoms with Crippen LogP contribution in [-0.4, -0.2) is 138 Å². The lowest BCUT2D eigenvalue weighted by atomic mass is 9.89. The zero-order valence-corrected chi connectivity index (χ0v) is 36.0. The van der Waals surface area contributed by atoms with E-state index < -0.39 is 66.3 Å². The number of carboxylic acid groups (broad SMARTS) is 1. The molecule has 56 heavy (non-hydrogen) atoms. The summed E-state index contributed by atoms with van der Waals surface area (Å²) in [6, 6.07) is 4.53. The van der Waals surface area contributed by atoms with Crippen molar-refractivity contribution in [2.24, 2.45) is 23.7 Å². The quantitative estimate of drug-likeness (QED) is 0.135. The third-order valence-electron chi connectivity index (χ3n) is 11.7. The highest BCUT2D eigenvalue weighted by Gasteiger charge is 2.44. The Kier molecular flexibility index (Phi) is 19.4. The van der Waals surface area contributed by atoms with Crippen molar-refractivity contribution in [1.29, 1.82) is 0 Å². The Morgan fingerprint density at radius 2 is 1.46 bits per heavy atom. The first-order chi connectivity index (χ1) is 26.2. The maximum atomic E-state index is 14.3. The van der Waals surface area contributed by atoms with Crippen LogP contribution in [0, 0.1) is 23.7 Å². The third kappa shape index (κ3) is 12.2. The average molecular weight is 790 g/mol. The van der Waals surface area contributed by atoms with E-state index in [2.05, 4.69) is 10.6 Å². The van der Waals surface area contributed by atoms with Gasteiger partial charge < -0.3 is 40.1 Å². The number of aliphatic hydroxyl groups excluding tert-OH is 1. The molecule has 14 nitrogen and oxygen atoms in total. The number of nitrogens with zero attached hydrogens (tertiary/aromatic N) is 3. The van der Waals surface area contributed by atoms with E-state index in [0.717, 1.165) is 0 Å². The molecule has 1 aliphatic rings. The molecule has 2 rings (SSSR count). The number of aliphatic hydroxyl groups is 1. The molecule has 0 aliphatic carbocycles. The Hall–Kier alpha value is -3.59. The number of aliphatic carboxylic acids is 1. The Labute approximate surface area is 335 Å². The molecule has 1 saturated heterocycles. The summed E-state index contributed by atoms with van der Waals surface area (Å²) in [6.45, 7) is 17.9. The molecule has 0 aromatic heterocycles. The SMILES string of the molecule is CC[C@H](C)[C@@H]([C@@H](CC(=O)N1CCC[C@H]1[C@H](OC)[C@@H](C)C(=O)NC(C(=O)O)[C@@H](O)c1ccccc1)OC)N(C)C(=O)[C@@H](NC(=O)[C@H](C(C)C)N(C)C(C)C)C(C)C. The van der Waals surface area contributed by atoms with Crippen LogP contribution in [0.15, 0.2) is 30.3 Å². The highest BCUT2D eigenvalue weighted by Crippen LogP contribution is 2.30. The number of likely N-dealkylation sites (tertiary alicyclic amines) is 1. The van der Waals surface area contributed by atoms with Crippen LogP contribution in [-0.2, 0) is 33.4 Å². The number of amides is 4. The summed E-state index contributed by atoms with van der Waals surface area (Å²) in [4.78, 5) is 73.3. The monoisotopic (exact) mass is 790 g/mol. The van der Waals surface area contributed by atoms with Crippen LogP contribution in [0.3, 0.4) is 0 Å². The molecular formula is C42H71N5O9. The number of nitrogens with one attached hydrogen (secondary N) is 2. The molecule has 318 valence electrons. The number of methoxy groups -OCH3 is 2. The van der Waals surface area contributed by atoms with Crippen LogP contribution in [0.1, 0.15) is 99.7 Å². The Balaban J connectivity index is 2.31. The second kappa shape index (κ2) is 22.4. The molecular weight excluding hydrogens is 718 g/mol. The number of rotatable bonds is 22. The number of carboxylic acids is 1. The smallest absolute Gasteiger partial charge is 0.329 e. The van der Waals surface area contributed by atoms with E-state index in [1.54, 1.807) is 54.1 Å². The number of hydrogen-bond donors (Lipinski definition) is 4. The van der Waals surface area contributed by atoms with Gasteiger partial charge in [0.1, 0.15) is 12.1 Å². The Morgan fingerprint density at radius 1 is 0.875 bits per heavy atom. The first-order valence-electron chi connectivity index (χ1n) is 20.1. The second-order valence-corrected chi connectivity index (χ2v) is 16.4. The largest absolute Gasteiger partial charge is 0.480 e. The summed E-state index contributed by atoms with van der Waals surface area (Å²) in [6.07, 6.45) is -1.08. The predicted molar refractivity (Wildman–Crippen MR) is 215 cm³/mol. The Bertz CT molecular complexity index is 1430. The lowest BCUT2D eigenvalue weighted by molar-refractivity contribution is -0.149. The van der Waals surface area contributed by atoms with Crippen molar-refractivity contribution in [2.75, 3.05) is 34.9 Å². The Morgan fingerprint density at radius 3 is 1.95 bits per heavy atom. The standard InChI is InChI=1S/C42H71N5O9/c1-14-27(8)36(46(11)41(52)33(24(2)3)43-40(51)35(25(4)5)45(10)26(6)7)31(55-12)23-32(48)47-22-18-21-30(47)38(56-13)28(9)39(50)44-34(42(53)54)37(49)29-19-16-15-17-20-29/h15-17,19-20,24-28,30-31,33-38,49H,14,18,21-23H2,1-13H3,(H,43,51)(H,44,50)(H,53,54)/t27-,28+,30-,31+,33-,34?,35-,36-,37-,38+/m0/s1. The molecule has 4 amide bonds. The van der Waals surface area contributed by atoms with Crippen molar-refractivity contribution in [3.05, 3.63) is 35.9 Å². The van der Waals surface area contributed by atoms with Gasteiger partial charge in [0.05, 0.1) is 42.7 Å². The van der Waals surface area contributed by atoms with E-state index in [1.807, 2.05) is 67.3 Å². The summed E-state index contributed by atoms with van der Waals surface area (Å²) < 4.78 is 11.9. The summed E-state index contributed by atoms with van der Waals surface area (Å²) in [5.74, 6) is -3.87. The van der Waals surface area contributed by atoms with Crippen molar-refractivity contribution in [1.82, 2.24) is 25.3 Å². The molecule has 4 N–H and O–H groups in total. The van der Waals surface area contributed by atoms with Gasteiger partial charge in [-0.3, -0.25) is 24.1 Å².